The van der Waals surface area contributed by atoms with Crippen molar-refractivity contribution in [1.29, 1.82) is 0 Å². The molecule has 2 aromatic carbocycles. The second kappa shape index (κ2) is 26.5. The van der Waals surface area contributed by atoms with E-state index in [0.29, 0.717) is 35.9 Å². The number of halogens is 5. The van der Waals surface area contributed by atoms with Gasteiger partial charge in [-0.3, -0.25) is 9.98 Å². The fraction of sp³-hybridized carbons (Fsp3) is 0.456. The van der Waals surface area contributed by atoms with Crippen LogP contribution in [0.4, 0.5) is 22.4 Å². The van der Waals surface area contributed by atoms with Crippen LogP contribution < -0.4 is 10.5 Å². The van der Waals surface area contributed by atoms with Crippen molar-refractivity contribution >= 4 is 103 Å². The van der Waals surface area contributed by atoms with Gasteiger partial charge in [0.05, 0.1) is 35.9 Å². The van der Waals surface area contributed by atoms with Crippen molar-refractivity contribution in [2.75, 3.05) is 25.8 Å². The number of carbonyl (C=O) groups is 1. The molecule has 10 rings (SSSR count). The number of aryl methyl sites for hydroxylation is 2. The molecule has 3 N–H and O–H groups in total. The van der Waals surface area contributed by atoms with Crippen LogP contribution in [0.25, 0.3) is 23.8 Å². The number of thioether (sulfide) groups is 2. The first-order valence-electron chi connectivity index (χ1n) is 27.7. The number of aromatic nitrogens is 8. The summed E-state index contributed by atoms with van der Waals surface area (Å²) in [4.78, 5) is 39.8. The third-order valence-corrected chi connectivity index (χ3v) is 24.6. The lowest BCUT2D eigenvalue weighted by molar-refractivity contribution is 0.0110. The van der Waals surface area contributed by atoms with Crippen LogP contribution in [0.1, 0.15) is 105 Å². The van der Waals surface area contributed by atoms with Crippen LogP contribution in [-0.4, -0.2) is 131 Å². The molecule has 6 heterocycles. The number of hydrogen-bond donors (Lipinski definition) is 2. The minimum Gasteiger partial charge on any atom is -0.466 e. The van der Waals surface area contributed by atoms with E-state index >= 15 is 17.6 Å². The van der Waals surface area contributed by atoms with E-state index in [4.69, 9.17) is 50.5 Å². The molecule has 2 aliphatic heterocycles. The molecular formula is C57H67ClF4N12O11S4Si. The molecule has 6 aromatic rings. The van der Waals surface area contributed by atoms with Crippen molar-refractivity contribution in [3.63, 3.8) is 0 Å². The van der Waals surface area contributed by atoms with Gasteiger partial charge in [0.15, 0.2) is 48.3 Å². The molecule has 4 aromatic heterocycles. The molecule has 2 saturated carbocycles. The molecule has 0 unspecified atom stereocenters. The van der Waals surface area contributed by atoms with Crippen LogP contribution >= 0.6 is 35.1 Å². The monoisotopic (exact) mass is 1360 g/mol. The molecule has 1 amide bonds. The maximum absolute atomic E-state index is 15.7. The van der Waals surface area contributed by atoms with Gasteiger partial charge in [-0.15, -0.1) is 20.4 Å². The van der Waals surface area contributed by atoms with Gasteiger partial charge in [0, 0.05) is 64.0 Å². The van der Waals surface area contributed by atoms with Crippen molar-refractivity contribution < 1.29 is 67.3 Å². The van der Waals surface area contributed by atoms with Crippen LogP contribution in [0.5, 0.6) is 5.88 Å². The van der Waals surface area contributed by atoms with E-state index in [1.165, 1.54) is 78.2 Å². The number of sulfone groups is 2. The Hall–Kier alpha value is -6.68. The zero-order chi connectivity index (χ0) is 66.2. The minimum atomic E-state index is -3.74. The minimum absolute atomic E-state index is 0.0164. The first-order chi connectivity index (χ1) is 41.9. The van der Waals surface area contributed by atoms with Crippen LogP contribution in [0, 0.1) is 37.3 Å². The summed E-state index contributed by atoms with van der Waals surface area (Å²) in [7, 11) is -8.68. The van der Waals surface area contributed by atoms with E-state index in [1.807, 2.05) is 0 Å². The Morgan fingerprint density at radius 2 is 1.30 bits per heavy atom. The Morgan fingerprint density at radius 1 is 0.789 bits per heavy atom. The number of aliphatic hydroxyl groups excluding tert-OH is 1. The van der Waals surface area contributed by atoms with Crippen LogP contribution in [0.3, 0.4) is 0 Å². The van der Waals surface area contributed by atoms with Gasteiger partial charge in [0.25, 0.3) is 5.89 Å². The third kappa shape index (κ3) is 16.0. The predicted octanol–water partition coefficient (Wildman–Crippen LogP) is 10.6. The topological polar surface area (TPSA) is 317 Å². The summed E-state index contributed by atoms with van der Waals surface area (Å²) < 4.78 is 137. The standard InChI is InChI=1S/C30H39ClF2N4O5S2Si.C23H22F2N6O4S2.C4H6N2O2/c1-28(2,3)42-27(38)37(18-41-11-12-45(6,7)8)26-36-29(4,24-15-30(24,43-26)44(5,39)40)20-13-19(9-10-21(20)32)14-22(33)23-16-35-25(31)17-34-23;1-12-30-31-20(35-12)11-34-19-10-27-17(9-28-19)16(25)7-13-4-5-15(24)14(6-13)22(2)18-8-23(18,37(3,32)33)36-21(26)29-22;1-3-5-6-4(2-7)8-3/h9-10,13-14,16-17,24H,11-12,15,18H2,1-8H3;4-7,9-10,18H,8,11H2,1-3H3,(H2,26,29);7H,2H2,1H3/b22-14-;16-7-;/t24-,29+,30+;18-,22+,23+;/m00./s1. The third-order valence-electron chi connectivity index (χ3n) is 14.6. The van der Waals surface area contributed by atoms with E-state index < -0.39 is 93.8 Å². The molecule has 0 saturated heterocycles. The van der Waals surface area contributed by atoms with E-state index in [-0.39, 0.29) is 82.0 Å². The molecule has 2 fully saturated rings. The second-order valence-corrected chi connectivity index (χ2v) is 37.8. The smallest absolute Gasteiger partial charge is 0.418 e. The van der Waals surface area contributed by atoms with Crippen molar-refractivity contribution in [1.82, 2.24) is 45.2 Å². The van der Waals surface area contributed by atoms with Gasteiger partial charge in [-0.1, -0.05) is 66.9 Å². The van der Waals surface area contributed by atoms with Gasteiger partial charge in [-0.2, -0.15) is 0 Å². The lowest BCUT2D eigenvalue weighted by Gasteiger charge is -2.37. The number of fused-ring (bicyclic) bond motifs is 2. The van der Waals surface area contributed by atoms with Crippen molar-refractivity contribution in [3.05, 3.63) is 135 Å². The van der Waals surface area contributed by atoms with Crippen LogP contribution in [0.15, 0.2) is 80.0 Å². The highest BCUT2D eigenvalue weighted by Crippen LogP contribution is 2.70. The van der Waals surface area contributed by atoms with Gasteiger partial charge >= 0.3 is 6.09 Å². The molecule has 4 aliphatic rings. The number of amidine groups is 2. The first kappa shape index (κ1) is 69.2. The zero-order valence-corrected chi connectivity index (χ0v) is 56.1. The molecule has 6 atom stereocenters. The lowest BCUT2D eigenvalue weighted by atomic mass is 9.86. The van der Waals surface area contributed by atoms with E-state index in [2.05, 4.69) is 65.0 Å². The number of aliphatic hydroxyl groups is 1. The SMILES string of the molecule is CC(C)(C)OC(=O)N(COCC[Si](C)(C)C)C1=N[C@](C)(c2cc(/C=C(\F)c3cnc(Cl)cn3)ccc2F)[C@@H]2C[C@]2(S(C)(=O)=O)S1.Cc1nnc(CO)o1.Cc1nnc(COc2cnc(/C(F)=C/c3ccc(F)c([C@@]4(C)N=C(N)S[C@@]5(S(C)(=O)=O)C[C@H]54)c3)cn2)o1. The highest BCUT2D eigenvalue weighted by Gasteiger charge is 2.74. The van der Waals surface area contributed by atoms with Gasteiger partial charge in [0.2, 0.25) is 23.6 Å². The van der Waals surface area contributed by atoms with Crippen LogP contribution in [0.2, 0.25) is 30.8 Å². The average Bonchev–Trinajstić information content (AvgIpc) is 1.52. The summed E-state index contributed by atoms with van der Waals surface area (Å²) >= 11 is 7.71. The molecule has 90 heavy (non-hydrogen) atoms. The lowest BCUT2D eigenvalue weighted by Crippen LogP contribution is -2.47. The molecule has 0 bridgehead atoms. The number of benzene rings is 2. The van der Waals surface area contributed by atoms with E-state index in [1.54, 1.807) is 48.5 Å². The van der Waals surface area contributed by atoms with E-state index in [9.17, 15) is 21.6 Å². The molecule has 484 valence electrons. The molecular weight excluding hydrogens is 1300 g/mol. The zero-order valence-electron chi connectivity index (χ0n) is 51.1. The summed E-state index contributed by atoms with van der Waals surface area (Å²) in [6.07, 6.45) is 9.15. The Labute approximate surface area is 532 Å². The first-order valence-corrected chi connectivity index (χ1v) is 37.2. The number of aliphatic imine (C=N–C) groups is 2. The summed E-state index contributed by atoms with van der Waals surface area (Å²) in [6.45, 7) is 18.3. The molecule has 2 aliphatic carbocycles. The quantitative estimate of drug-likeness (QED) is 0.0371. The highest BCUT2D eigenvalue weighted by molar-refractivity contribution is 8.24. The summed E-state index contributed by atoms with van der Waals surface area (Å²) in [5.41, 5.74) is 3.15. The molecule has 33 heteroatoms. The Kier molecular flexibility index (Phi) is 20.4. The maximum Gasteiger partial charge on any atom is 0.418 e. The maximum atomic E-state index is 15.7. The molecule has 0 spiro atoms. The summed E-state index contributed by atoms with van der Waals surface area (Å²) in [6, 6.07) is 8.89. The number of hydrogen-bond acceptors (Lipinski definition) is 24. The largest absolute Gasteiger partial charge is 0.466 e. The number of nitrogens with two attached hydrogens (primary N) is 1. The number of amides is 1. The second-order valence-electron chi connectivity index (χ2n) is 24.1. The van der Waals surface area contributed by atoms with Gasteiger partial charge in [0.1, 0.15) is 55.3 Å². The summed E-state index contributed by atoms with van der Waals surface area (Å²) in [5, 5.41) is 23.0. The van der Waals surface area contributed by atoms with Gasteiger partial charge in [-0.25, -0.2) is 64.0 Å². The fourth-order valence-corrected chi connectivity index (χ4v) is 17.5. The Bertz CT molecular complexity index is 4030. The van der Waals surface area contributed by atoms with Crippen LogP contribution in [-0.2, 0) is 53.4 Å². The van der Waals surface area contributed by atoms with Gasteiger partial charge < -0.3 is 33.9 Å². The van der Waals surface area contributed by atoms with Gasteiger partial charge in [-0.05, 0) is 101 Å². The van der Waals surface area contributed by atoms with Crippen molar-refractivity contribution in [2.45, 2.75) is 125 Å². The summed E-state index contributed by atoms with van der Waals surface area (Å²) in [5.74, 6) is -2.24. The number of carbonyl (C=O) groups excluding carboxylic acids is 1. The highest BCUT2D eigenvalue weighted by atomic mass is 35.5. The molecule has 0 radical (unpaired) electrons. The molecule has 23 nitrogen and oxygen atoms in total. The van der Waals surface area contributed by atoms with Crippen molar-refractivity contribution in [2.24, 2.45) is 27.6 Å². The number of ether oxygens (including phenoxy) is 3. The van der Waals surface area contributed by atoms with E-state index in [0.717, 1.165) is 42.1 Å². The normalized spacial score (nSPS) is 23.1. The fourth-order valence-electron chi connectivity index (χ4n) is 9.88. The Balaban J connectivity index is 0.000000209. The van der Waals surface area contributed by atoms with Crippen molar-refractivity contribution in [3.8, 4) is 5.88 Å². The number of nitrogens with zero attached hydrogens (tertiary/aromatic N) is 11. The predicted molar refractivity (Wildman–Crippen MR) is 336 cm³/mol. The number of rotatable bonds is 17. The Morgan fingerprint density at radius 3 is 1.74 bits per heavy atom. The average molecular weight is 1360 g/mol.